The smallest absolute Gasteiger partial charge is 0.426 e. The fourth-order valence-electron chi connectivity index (χ4n) is 2.27. The van der Waals surface area contributed by atoms with Crippen LogP contribution in [-0.4, -0.2) is 47.9 Å². The Balaban J connectivity index is 2.57. The summed E-state index contributed by atoms with van der Waals surface area (Å²) in [6, 6.07) is 5.85. The van der Waals surface area contributed by atoms with Gasteiger partial charge in [0.25, 0.3) is 0 Å². The maximum absolute atomic E-state index is 11.9. The predicted molar refractivity (Wildman–Crippen MR) is 93.1 cm³/mol. The summed E-state index contributed by atoms with van der Waals surface area (Å²) in [4.78, 5) is 23.1. The molecule has 0 aliphatic rings. The van der Waals surface area contributed by atoms with Crippen molar-refractivity contribution in [2.45, 2.75) is 33.1 Å². The number of hydrogen-bond acceptors (Lipinski definition) is 5. The van der Waals surface area contributed by atoms with Gasteiger partial charge in [-0.3, -0.25) is 9.59 Å². The minimum Gasteiger partial charge on any atom is -0.426 e. The van der Waals surface area contributed by atoms with Crippen LogP contribution in [0.25, 0.3) is 0 Å². The van der Waals surface area contributed by atoms with Gasteiger partial charge >= 0.3 is 7.12 Å². The van der Waals surface area contributed by atoms with Gasteiger partial charge in [0.15, 0.2) is 0 Å². The fraction of sp³-hybridized carbons (Fsp3) is 0.412. The highest BCUT2D eigenvalue weighted by atomic mass is 16.4. The van der Waals surface area contributed by atoms with Crippen LogP contribution in [0.3, 0.4) is 0 Å². The molecule has 1 aromatic rings. The monoisotopic (exact) mass is 330 g/mol. The average Bonchev–Trinajstić information content (AvgIpc) is 2.49. The van der Waals surface area contributed by atoms with Crippen molar-refractivity contribution in [1.82, 2.24) is 10.6 Å². The van der Waals surface area contributed by atoms with E-state index in [1.165, 1.54) is 0 Å². The van der Waals surface area contributed by atoms with Crippen molar-refractivity contribution in [1.29, 1.82) is 0 Å². The first-order valence-electron chi connectivity index (χ1n) is 7.71. The molecule has 1 atom stereocenters. The molecular weight excluding hydrogens is 307 g/mol. The van der Waals surface area contributed by atoms with E-state index in [0.29, 0.717) is 6.42 Å². The van der Waals surface area contributed by atoms with Crippen molar-refractivity contribution in [3.63, 3.8) is 0 Å². The molecule has 0 aliphatic carbocycles. The second kappa shape index (κ2) is 9.88. The summed E-state index contributed by atoms with van der Waals surface area (Å²) in [6.45, 7) is 5.34. The number of Topliss-reactive ketones (excluding diaryl/α,β-unsaturated/α-hetero) is 1. The molecule has 7 heteroatoms. The number of ketones is 1. The van der Waals surface area contributed by atoms with Gasteiger partial charge in [0.1, 0.15) is 0 Å². The molecule has 1 rings (SSSR count). The predicted octanol–water partition coefficient (Wildman–Crippen LogP) is -0.475. The van der Waals surface area contributed by atoms with E-state index in [1.807, 2.05) is 32.0 Å². The number of amides is 1. The molecule has 1 amide bonds. The van der Waals surface area contributed by atoms with Crippen molar-refractivity contribution >= 4 is 18.8 Å². The highest BCUT2D eigenvalue weighted by Crippen LogP contribution is 2.13. The first-order chi connectivity index (χ1) is 11.3. The lowest BCUT2D eigenvalue weighted by Crippen LogP contribution is -2.50. The molecule has 0 radical (unpaired) electrons. The molecule has 0 heterocycles. The third kappa shape index (κ3) is 6.96. The summed E-state index contributed by atoms with van der Waals surface area (Å²) >= 11 is 0. The van der Waals surface area contributed by atoms with E-state index >= 15 is 0 Å². The van der Waals surface area contributed by atoms with Gasteiger partial charge in [0, 0.05) is 0 Å². The molecule has 0 unspecified atom stereocenters. The number of rotatable bonds is 8. The molecule has 6 nitrogen and oxygen atoms in total. The van der Waals surface area contributed by atoms with Crippen molar-refractivity contribution in [3.05, 3.63) is 34.9 Å². The number of benzene rings is 1. The van der Waals surface area contributed by atoms with Gasteiger partial charge in [-0.15, -0.1) is 0 Å². The summed E-state index contributed by atoms with van der Waals surface area (Å²) in [6.07, 6.45) is 0.301. The number of carbonyl (C=O) groups is 2. The summed E-state index contributed by atoms with van der Waals surface area (Å²) < 4.78 is 0. The summed E-state index contributed by atoms with van der Waals surface area (Å²) in [5.74, 6) is 3.29. The minimum atomic E-state index is -1.68. The molecule has 24 heavy (non-hydrogen) atoms. The Morgan fingerprint density at radius 3 is 2.54 bits per heavy atom. The Labute approximate surface area is 142 Å². The Bertz CT molecular complexity index is 650. The fourth-order valence-corrected chi connectivity index (χ4v) is 2.27. The van der Waals surface area contributed by atoms with E-state index in [9.17, 15) is 19.6 Å². The quantitative estimate of drug-likeness (QED) is 0.293. The van der Waals surface area contributed by atoms with Crippen LogP contribution in [0.15, 0.2) is 18.2 Å². The zero-order valence-corrected chi connectivity index (χ0v) is 14.2. The average molecular weight is 330 g/mol. The Kier molecular flexibility index (Phi) is 8.20. The van der Waals surface area contributed by atoms with E-state index in [4.69, 9.17) is 0 Å². The molecule has 128 valence electrons. The molecule has 0 aliphatic heterocycles. The number of hydrogen-bond donors (Lipinski definition) is 4. The maximum atomic E-state index is 11.9. The number of nitrogens with one attached hydrogen (secondary N) is 2. The van der Waals surface area contributed by atoms with Gasteiger partial charge in [-0.25, -0.2) is 0 Å². The van der Waals surface area contributed by atoms with Crippen LogP contribution in [0.1, 0.15) is 23.6 Å². The van der Waals surface area contributed by atoms with E-state index in [1.54, 1.807) is 6.92 Å². The van der Waals surface area contributed by atoms with Crippen molar-refractivity contribution in [3.8, 4) is 11.8 Å². The lowest BCUT2D eigenvalue weighted by molar-refractivity contribution is -0.120. The summed E-state index contributed by atoms with van der Waals surface area (Å²) in [7, 11) is -1.68. The molecule has 0 bridgehead atoms. The Morgan fingerprint density at radius 2 is 1.96 bits per heavy atom. The second-order valence-electron chi connectivity index (χ2n) is 5.62. The summed E-state index contributed by atoms with van der Waals surface area (Å²) in [5, 5.41) is 24.2. The molecule has 0 saturated carbocycles. The van der Waals surface area contributed by atoms with Crippen LogP contribution in [0.4, 0.5) is 0 Å². The second-order valence-corrected chi connectivity index (χ2v) is 5.62. The first-order valence-corrected chi connectivity index (χ1v) is 7.71. The SMILES string of the molecule is CC#CC(=O)CNCC(=O)N[C@@H](Cc1ccc(C)cc1C)B(O)O. The van der Waals surface area contributed by atoms with Gasteiger partial charge in [-0.2, -0.15) is 0 Å². The van der Waals surface area contributed by atoms with Gasteiger partial charge in [-0.1, -0.05) is 29.7 Å². The van der Waals surface area contributed by atoms with Crippen LogP contribution in [0.2, 0.25) is 0 Å². The number of aryl methyl sites for hydroxylation is 2. The zero-order chi connectivity index (χ0) is 18.1. The Hall–Kier alpha value is -2.14. The highest BCUT2D eigenvalue weighted by molar-refractivity contribution is 6.43. The van der Waals surface area contributed by atoms with Gasteiger partial charge < -0.3 is 20.7 Å². The van der Waals surface area contributed by atoms with E-state index < -0.39 is 19.0 Å². The van der Waals surface area contributed by atoms with E-state index in [0.717, 1.165) is 16.7 Å². The number of carbonyl (C=O) groups excluding carboxylic acids is 2. The normalized spacial score (nSPS) is 11.2. The Morgan fingerprint density at radius 1 is 1.25 bits per heavy atom. The van der Waals surface area contributed by atoms with Gasteiger partial charge in [0.05, 0.1) is 19.0 Å². The maximum Gasteiger partial charge on any atom is 0.475 e. The van der Waals surface area contributed by atoms with Crippen LogP contribution in [0, 0.1) is 25.7 Å². The largest absolute Gasteiger partial charge is 0.475 e. The van der Waals surface area contributed by atoms with Crippen molar-refractivity contribution < 1.29 is 19.6 Å². The van der Waals surface area contributed by atoms with Crippen molar-refractivity contribution in [2.24, 2.45) is 0 Å². The minimum absolute atomic E-state index is 0.0301. The van der Waals surface area contributed by atoms with Crippen LogP contribution in [-0.2, 0) is 16.0 Å². The van der Waals surface area contributed by atoms with Gasteiger partial charge in [-0.05, 0) is 44.2 Å². The molecular formula is C17H23BN2O4. The van der Waals surface area contributed by atoms with E-state index in [-0.39, 0.29) is 18.9 Å². The molecule has 0 aromatic heterocycles. The van der Waals surface area contributed by atoms with Crippen LogP contribution in [0.5, 0.6) is 0 Å². The third-order valence-corrected chi connectivity index (χ3v) is 3.48. The molecule has 4 N–H and O–H groups in total. The molecule has 0 spiro atoms. The highest BCUT2D eigenvalue weighted by Gasteiger charge is 2.26. The topological polar surface area (TPSA) is 98.7 Å². The summed E-state index contributed by atoms with van der Waals surface area (Å²) in [5.41, 5.74) is 3.07. The third-order valence-electron chi connectivity index (χ3n) is 3.48. The van der Waals surface area contributed by atoms with Crippen molar-refractivity contribution in [2.75, 3.05) is 13.1 Å². The van der Waals surface area contributed by atoms with Crippen LogP contribution < -0.4 is 10.6 Å². The molecule has 0 fully saturated rings. The molecule has 0 saturated heterocycles. The lowest BCUT2D eigenvalue weighted by atomic mass is 9.75. The van der Waals surface area contributed by atoms with E-state index in [2.05, 4.69) is 22.5 Å². The van der Waals surface area contributed by atoms with Crippen LogP contribution >= 0.6 is 0 Å². The lowest BCUT2D eigenvalue weighted by Gasteiger charge is -2.19. The molecule has 1 aromatic carbocycles. The standard InChI is InChI=1S/C17H23BN2O4/c1-4-5-15(21)10-19-11-17(22)20-16(18(23)24)9-14-7-6-12(2)8-13(14)3/h6-8,16,19,23-24H,9-11H2,1-3H3,(H,20,22)/t16-/m0/s1. The zero-order valence-electron chi connectivity index (χ0n) is 14.2. The first kappa shape index (κ1) is 19.9. The van der Waals surface area contributed by atoms with Gasteiger partial charge in [0.2, 0.25) is 11.7 Å².